The number of likely N-dealkylation sites (N-methyl/N-ethyl adjacent to an activating group) is 1. The number of hydrogen-bond acceptors (Lipinski definition) is 4. The van der Waals surface area contributed by atoms with Crippen molar-refractivity contribution in [1.29, 1.82) is 0 Å². The quantitative estimate of drug-likeness (QED) is 0.854. The highest BCUT2D eigenvalue weighted by molar-refractivity contribution is 6.33. The highest BCUT2D eigenvalue weighted by atomic mass is 35.5. The third-order valence-corrected chi connectivity index (χ3v) is 4.12. The molecule has 0 saturated carbocycles. The Morgan fingerprint density at radius 3 is 2.48 bits per heavy atom. The molecule has 2 aromatic heterocycles. The lowest BCUT2D eigenvalue weighted by Gasteiger charge is -2.33. The van der Waals surface area contributed by atoms with E-state index in [9.17, 15) is 0 Å². The highest BCUT2D eigenvalue weighted by Gasteiger charge is 2.17. The van der Waals surface area contributed by atoms with E-state index in [4.69, 9.17) is 16.6 Å². The van der Waals surface area contributed by atoms with E-state index in [0.29, 0.717) is 5.02 Å². The van der Waals surface area contributed by atoms with Crippen LogP contribution in [0.25, 0.3) is 11.4 Å². The molecule has 1 aliphatic rings. The maximum Gasteiger partial charge on any atom is 0.129 e. The monoisotopic (exact) mass is 302 g/mol. The van der Waals surface area contributed by atoms with Gasteiger partial charge in [0, 0.05) is 32.4 Å². The van der Waals surface area contributed by atoms with Gasteiger partial charge in [0.15, 0.2) is 0 Å². The molecule has 4 nitrogen and oxygen atoms in total. The summed E-state index contributed by atoms with van der Waals surface area (Å²) in [6.07, 6.45) is 1.84. The number of hydrogen-bond donors (Lipinski definition) is 0. The van der Waals surface area contributed by atoms with Crippen LogP contribution in [-0.4, -0.2) is 48.1 Å². The summed E-state index contributed by atoms with van der Waals surface area (Å²) in [5.74, 6) is 0.977. The molecule has 0 atom stereocenters. The zero-order chi connectivity index (χ0) is 14.8. The second-order valence-corrected chi connectivity index (χ2v) is 5.92. The van der Waals surface area contributed by atoms with Crippen LogP contribution in [-0.2, 0) is 0 Å². The summed E-state index contributed by atoms with van der Waals surface area (Å²) in [6.45, 7) is 6.12. The Morgan fingerprint density at radius 1 is 1.05 bits per heavy atom. The molecule has 21 heavy (non-hydrogen) atoms. The molecule has 0 spiro atoms. The van der Waals surface area contributed by atoms with Gasteiger partial charge < -0.3 is 9.80 Å². The van der Waals surface area contributed by atoms with E-state index in [0.717, 1.165) is 48.9 Å². The lowest BCUT2D eigenvalue weighted by atomic mass is 10.2. The molecule has 3 rings (SSSR count). The molecule has 0 aliphatic carbocycles. The molecule has 110 valence electrons. The number of nitrogens with zero attached hydrogens (tertiary/aromatic N) is 4. The van der Waals surface area contributed by atoms with E-state index < -0.39 is 0 Å². The van der Waals surface area contributed by atoms with Crippen molar-refractivity contribution >= 4 is 17.4 Å². The lowest BCUT2D eigenvalue weighted by Crippen LogP contribution is -2.44. The van der Waals surface area contributed by atoms with Gasteiger partial charge in [0.05, 0.1) is 10.7 Å². The molecule has 0 N–H and O–H groups in total. The summed E-state index contributed by atoms with van der Waals surface area (Å²) in [7, 11) is 2.15. The lowest BCUT2D eigenvalue weighted by molar-refractivity contribution is 0.312. The normalized spacial score (nSPS) is 16.2. The van der Waals surface area contributed by atoms with Crippen molar-refractivity contribution < 1.29 is 0 Å². The Hall–Kier alpha value is -1.65. The average Bonchev–Trinajstić information content (AvgIpc) is 2.50. The first-order valence-corrected chi connectivity index (χ1v) is 7.54. The predicted molar refractivity (Wildman–Crippen MR) is 86.9 cm³/mol. The maximum absolute atomic E-state index is 6.30. The van der Waals surface area contributed by atoms with Crippen LogP contribution in [0.1, 0.15) is 5.56 Å². The van der Waals surface area contributed by atoms with Gasteiger partial charge in [-0.2, -0.15) is 0 Å². The van der Waals surface area contributed by atoms with E-state index in [-0.39, 0.29) is 0 Å². The van der Waals surface area contributed by atoms with Crippen LogP contribution in [0.3, 0.4) is 0 Å². The van der Waals surface area contributed by atoms with Crippen LogP contribution in [0, 0.1) is 6.92 Å². The minimum atomic E-state index is 0.643. The Bertz CT molecular complexity index is 619. The summed E-state index contributed by atoms with van der Waals surface area (Å²) in [5, 5.41) is 0.643. The number of halogens is 1. The fourth-order valence-corrected chi connectivity index (χ4v) is 2.63. The molecule has 0 radical (unpaired) electrons. The number of piperazine rings is 1. The largest absolute Gasteiger partial charge is 0.354 e. The van der Waals surface area contributed by atoms with Gasteiger partial charge in [0.2, 0.25) is 0 Å². The SMILES string of the molecule is Cc1ccc(-c2nc(N3CCN(C)CC3)ccc2Cl)nc1. The topological polar surface area (TPSA) is 32.3 Å². The molecular formula is C16H19ClN4. The minimum Gasteiger partial charge on any atom is -0.354 e. The van der Waals surface area contributed by atoms with E-state index >= 15 is 0 Å². The van der Waals surface area contributed by atoms with Gasteiger partial charge in [0.25, 0.3) is 0 Å². The second kappa shape index (κ2) is 6.00. The predicted octanol–water partition coefficient (Wildman–Crippen LogP) is 2.86. The fraction of sp³-hybridized carbons (Fsp3) is 0.375. The minimum absolute atomic E-state index is 0.643. The number of rotatable bonds is 2. The van der Waals surface area contributed by atoms with Crippen molar-refractivity contribution in [1.82, 2.24) is 14.9 Å². The molecular weight excluding hydrogens is 284 g/mol. The number of anilines is 1. The van der Waals surface area contributed by atoms with Crippen LogP contribution in [0.15, 0.2) is 30.5 Å². The Labute approximate surface area is 130 Å². The van der Waals surface area contributed by atoms with Crippen LogP contribution in [0.2, 0.25) is 5.02 Å². The van der Waals surface area contributed by atoms with Crippen molar-refractivity contribution in [2.45, 2.75) is 6.92 Å². The summed E-state index contributed by atoms with van der Waals surface area (Å²) in [5.41, 5.74) is 2.71. The standard InChI is InChI=1S/C16H19ClN4/c1-12-3-5-14(18-11-12)16-13(17)4-6-15(19-16)21-9-7-20(2)8-10-21/h3-6,11H,7-10H2,1-2H3. The zero-order valence-corrected chi connectivity index (χ0v) is 13.1. The van der Waals surface area contributed by atoms with Crippen molar-refractivity contribution in [3.8, 4) is 11.4 Å². The Balaban J connectivity index is 1.91. The fourth-order valence-electron chi connectivity index (χ4n) is 2.43. The van der Waals surface area contributed by atoms with Crippen molar-refractivity contribution in [3.05, 3.63) is 41.0 Å². The third kappa shape index (κ3) is 3.17. The second-order valence-electron chi connectivity index (χ2n) is 5.51. The molecule has 1 aliphatic heterocycles. The third-order valence-electron chi connectivity index (χ3n) is 3.81. The van der Waals surface area contributed by atoms with E-state index in [1.54, 1.807) is 0 Å². The van der Waals surface area contributed by atoms with E-state index in [1.165, 1.54) is 0 Å². The van der Waals surface area contributed by atoms with Crippen molar-refractivity contribution in [2.75, 3.05) is 38.1 Å². The Morgan fingerprint density at radius 2 is 1.81 bits per heavy atom. The number of aromatic nitrogens is 2. The van der Waals surface area contributed by atoms with Gasteiger partial charge in [-0.1, -0.05) is 17.7 Å². The van der Waals surface area contributed by atoms with E-state index in [1.807, 2.05) is 37.4 Å². The molecule has 0 amide bonds. The molecule has 1 saturated heterocycles. The van der Waals surface area contributed by atoms with Crippen LogP contribution < -0.4 is 4.90 Å². The van der Waals surface area contributed by atoms with Gasteiger partial charge in [0.1, 0.15) is 11.5 Å². The van der Waals surface area contributed by atoms with E-state index in [2.05, 4.69) is 21.8 Å². The molecule has 0 bridgehead atoms. The molecule has 2 aromatic rings. The van der Waals surface area contributed by atoms with Crippen LogP contribution in [0.4, 0.5) is 5.82 Å². The molecule has 0 aromatic carbocycles. The summed E-state index contributed by atoms with van der Waals surface area (Å²) in [6, 6.07) is 7.91. The smallest absolute Gasteiger partial charge is 0.129 e. The number of aryl methyl sites for hydroxylation is 1. The first-order chi connectivity index (χ1) is 10.1. The summed E-state index contributed by atoms with van der Waals surface area (Å²) in [4.78, 5) is 13.8. The summed E-state index contributed by atoms with van der Waals surface area (Å²) >= 11 is 6.30. The van der Waals surface area contributed by atoms with Gasteiger partial charge in [-0.3, -0.25) is 4.98 Å². The van der Waals surface area contributed by atoms with Crippen molar-refractivity contribution in [3.63, 3.8) is 0 Å². The molecule has 0 unspecified atom stereocenters. The van der Waals surface area contributed by atoms with Gasteiger partial charge in [-0.15, -0.1) is 0 Å². The van der Waals surface area contributed by atoms with Crippen LogP contribution >= 0.6 is 11.6 Å². The van der Waals surface area contributed by atoms with Gasteiger partial charge >= 0.3 is 0 Å². The first kappa shape index (κ1) is 14.3. The number of pyridine rings is 2. The zero-order valence-electron chi connectivity index (χ0n) is 12.4. The first-order valence-electron chi connectivity index (χ1n) is 7.16. The van der Waals surface area contributed by atoms with Gasteiger partial charge in [-0.05, 0) is 37.7 Å². The van der Waals surface area contributed by atoms with Gasteiger partial charge in [-0.25, -0.2) is 4.98 Å². The van der Waals surface area contributed by atoms with Crippen LogP contribution in [0.5, 0.6) is 0 Å². The Kier molecular flexibility index (Phi) is 4.08. The molecule has 3 heterocycles. The highest BCUT2D eigenvalue weighted by Crippen LogP contribution is 2.27. The molecule has 5 heteroatoms. The maximum atomic E-state index is 6.30. The average molecular weight is 303 g/mol. The summed E-state index contributed by atoms with van der Waals surface area (Å²) < 4.78 is 0. The van der Waals surface area contributed by atoms with Crippen molar-refractivity contribution in [2.24, 2.45) is 0 Å². The molecule has 1 fully saturated rings.